The lowest BCUT2D eigenvalue weighted by atomic mass is 10.2. The van der Waals surface area contributed by atoms with E-state index in [1.54, 1.807) is 12.3 Å². The molecule has 2 aromatic carbocycles. The largest absolute Gasteiger partial charge is 0.504 e. The number of hydrogen-bond acceptors (Lipinski definition) is 15. The highest BCUT2D eigenvalue weighted by atomic mass is 16.6. The second kappa shape index (κ2) is 17.0. The van der Waals surface area contributed by atoms with Gasteiger partial charge in [-0.05, 0) is 66.5 Å². The molecule has 18 nitrogen and oxygen atoms in total. The lowest BCUT2D eigenvalue weighted by Gasteiger charge is -2.19. The smallest absolute Gasteiger partial charge is 0.351 e. The van der Waals surface area contributed by atoms with Crippen molar-refractivity contribution >= 4 is 41.8 Å². The van der Waals surface area contributed by atoms with Crippen LogP contribution in [0.5, 0.6) is 23.0 Å². The molecule has 0 saturated carbocycles. The van der Waals surface area contributed by atoms with Crippen molar-refractivity contribution in [1.82, 2.24) is 9.55 Å². The summed E-state index contributed by atoms with van der Waals surface area (Å²) in [5.41, 5.74) is 5.41. The van der Waals surface area contributed by atoms with Crippen LogP contribution in [0.3, 0.4) is 0 Å². The Kier molecular flexibility index (Phi) is 12.8. The highest BCUT2D eigenvalue weighted by Crippen LogP contribution is 2.27. The normalized spacial score (nSPS) is 16.8. The number of benzene rings is 2. The van der Waals surface area contributed by atoms with Gasteiger partial charge in [0.2, 0.25) is 12.2 Å². The molecule has 49 heavy (non-hydrogen) atoms. The fourth-order valence-corrected chi connectivity index (χ4v) is 4.10. The molecule has 0 bridgehead atoms. The van der Waals surface area contributed by atoms with Gasteiger partial charge in [0.25, 0.3) is 0 Å². The van der Waals surface area contributed by atoms with Gasteiger partial charge in [-0.2, -0.15) is 4.98 Å². The number of nitrogens with two attached hydrogens (primary N) is 1. The van der Waals surface area contributed by atoms with Gasteiger partial charge < -0.3 is 55.7 Å². The Morgan fingerprint density at radius 2 is 1.33 bits per heavy atom. The number of carbonyl (C=O) groups excluding carboxylic acids is 2. The molecular weight excluding hydrogens is 654 g/mol. The van der Waals surface area contributed by atoms with E-state index in [0.29, 0.717) is 6.42 Å². The maximum Gasteiger partial charge on any atom is 0.351 e. The van der Waals surface area contributed by atoms with Crippen molar-refractivity contribution in [3.63, 3.8) is 0 Å². The second-order valence-electron chi connectivity index (χ2n) is 10.1. The number of anilines is 1. The molecule has 1 fully saturated rings. The molecule has 0 spiro atoms. The van der Waals surface area contributed by atoms with Crippen LogP contribution < -0.4 is 11.4 Å². The van der Waals surface area contributed by atoms with Crippen LogP contribution in [0.15, 0.2) is 65.6 Å². The third-order valence-electron chi connectivity index (χ3n) is 6.52. The number of aliphatic hydroxyl groups is 1. The van der Waals surface area contributed by atoms with E-state index in [1.165, 1.54) is 16.7 Å². The lowest BCUT2D eigenvalue weighted by molar-refractivity contribution is -0.183. The average Bonchev–Trinajstić information content (AvgIpc) is 3.53. The number of carboxylic acids is 2. The zero-order valence-electron chi connectivity index (χ0n) is 25.2. The molecule has 4 atom stereocenters. The van der Waals surface area contributed by atoms with Crippen LogP contribution in [-0.2, 0) is 33.4 Å². The first-order valence-corrected chi connectivity index (χ1v) is 14.1. The molecule has 260 valence electrons. The van der Waals surface area contributed by atoms with Gasteiger partial charge in [-0.25, -0.2) is 24.0 Å². The summed E-state index contributed by atoms with van der Waals surface area (Å²) in [7, 11) is 0. The minimum atomic E-state index is -2.40. The molecule has 18 heteroatoms. The number of aliphatic carboxylic acids is 2. The molecule has 2 heterocycles. The Hall–Kier alpha value is -6.40. The van der Waals surface area contributed by atoms with E-state index in [0.717, 1.165) is 55.0 Å². The van der Waals surface area contributed by atoms with Crippen LogP contribution in [0.25, 0.3) is 12.2 Å². The topological polar surface area (TPSA) is 298 Å². The van der Waals surface area contributed by atoms with Gasteiger partial charge in [0.15, 0.2) is 23.0 Å². The number of nitrogens with zero attached hydrogens (tertiary/aromatic N) is 2. The quantitative estimate of drug-likeness (QED) is 0.0783. The second-order valence-corrected chi connectivity index (χ2v) is 10.1. The number of carbonyl (C=O) groups is 4. The fraction of sp³-hybridized carbons (Fsp3) is 0.226. The molecule has 1 saturated heterocycles. The lowest BCUT2D eigenvalue weighted by Crippen LogP contribution is -2.45. The summed E-state index contributed by atoms with van der Waals surface area (Å²) in [5, 5.41) is 64.8. The summed E-state index contributed by atoms with van der Waals surface area (Å²) in [6, 6.07) is 8.63. The average molecular weight is 686 g/mol. The number of esters is 2. The monoisotopic (exact) mass is 685 g/mol. The molecule has 0 unspecified atom stereocenters. The molecule has 0 amide bonds. The van der Waals surface area contributed by atoms with E-state index >= 15 is 0 Å². The molecule has 3 aromatic rings. The molecule has 1 aliphatic heterocycles. The summed E-state index contributed by atoms with van der Waals surface area (Å²) < 4.78 is 16.1. The Morgan fingerprint density at radius 1 is 0.837 bits per heavy atom. The summed E-state index contributed by atoms with van der Waals surface area (Å²) in [4.78, 5) is 62.0. The Morgan fingerprint density at radius 3 is 1.71 bits per heavy atom. The maximum absolute atomic E-state index is 12.0. The van der Waals surface area contributed by atoms with Crippen LogP contribution in [-0.4, -0.2) is 94.1 Å². The molecule has 1 aromatic heterocycles. The number of ether oxygens (including phenoxy) is 3. The number of aromatic nitrogens is 2. The number of aromatic hydroxyl groups is 4. The molecule has 0 radical (unpaired) electrons. The first kappa shape index (κ1) is 37.1. The third-order valence-corrected chi connectivity index (χ3v) is 6.52. The summed E-state index contributed by atoms with van der Waals surface area (Å²) in [6.07, 6.45) is 1.36. The number of carboxylic acid groups (broad SMARTS) is 2. The number of rotatable bonds is 11. The van der Waals surface area contributed by atoms with Gasteiger partial charge in [-0.1, -0.05) is 12.1 Å². The molecule has 4 rings (SSSR count). The fourth-order valence-electron chi connectivity index (χ4n) is 4.10. The number of nitrogen functional groups attached to an aromatic ring is 1. The van der Waals surface area contributed by atoms with Crippen molar-refractivity contribution in [3.8, 4) is 23.0 Å². The molecule has 0 aliphatic carbocycles. The van der Waals surface area contributed by atoms with Gasteiger partial charge in [0, 0.05) is 18.3 Å². The zero-order valence-corrected chi connectivity index (χ0v) is 25.2. The van der Waals surface area contributed by atoms with Gasteiger partial charge >= 0.3 is 29.6 Å². The van der Waals surface area contributed by atoms with E-state index in [2.05, 4.69) is 14.5 Å². The SMILES string of the molecule is Nc1ccn([C@H]2CC[C@@H](CO)O2)c(=O)n1.O=C(/C=C/c1ccc(O)c(O)c1)O[C@@H](C(=O)O)[C@@H](OC(=O)/C=C/c1ccc(O)c(O)c1)C(=O)O. The highest BCUT2D eigenvalue weighted by Gasteiger charge is 2.40. The molecular formula is C31H31N3O15. The Labute approximate surface area is 275 Å². The van der Waals surface area contributed by atoms with Crippen molar-refractivity contribution < 1.29 is 69.1 Å². The van der Waals surface area contributed by atoms with Crippen molar-refractivity contribution in [2.24, 2.45) is 0 Å². The minimum Gasteiger partial charge on any atom is -0.504 e. The van der Waals surface area contributed by atoms with Crippen LogP contribution in [0.4, 0.5) is 5.82 Å². The van der Waals surface area contributed by atoms with Gasteiger partial charge in [-0.3, -0.25) is 4.57 Å². The van der Waals surface area contributed by atoms with Crippen LogP contribution >= 0.6 is 0 Å². The van der Waals surface area contributed by atoms with Crippen LogP contribution in [0.2, 0.25) is 0 Å². The third kappa shape index (κ3) is 10.8. The van der Waals surface area contributed by atoms with Gasteiger partial charge in [0.05, 0.1) is 12.7 Å². The van der Waals surface area contributed by atoms with E-state index in [1.807, 2.05) is 0 Å². The molecule has 9 N–H and O–H groups in total. The summed E-state index contributed by atoms with van der Waals surface area (Å²) in [5.74, 6) is -7.98. The van der Waals surface area contributed by atoms with Crippen LogP contribution in [0, 0.1) is 0 Å². The minimum absolute atomic E-state index is 0.0202. The van der Waals surface area contributed by atoms with Gasteiger partial charge in [0.1, 0.15) is 12.0 Å². The predicted molar refractivity (Wildman–Crippen MR) is 166 cm³/mol. The van der Waals surface area contributed by atoms with E-state index in [-0.39, 0.29) is 35.9 Å². The Balaban J connectivity index is 0.000000357. The van der Waals surface area contributed by atoms with Crippen molar-refractivity contribution in [2.45, 2.75) is 37.4 Å². The maximum atomic E-state index is 12.0. The van der Waals surface area contributed by atoms with E-state index in [9.17, 15) is 54.6 Å². The first-order valence-electron chi connectivity index (χ1n) is 14.1. The molecule has 1 aliphatic rings. The number of aliphatic hydroxyl groups excluding tert-OH is 1. The van der Waals surface area contributed by atoms with Crippen molar-refractivity contribution in [1.29, 1.82) is 0 Å². The number of phenols is 4. The predicted octanol–water partition coefficient (Wildman–Crippen LogP) is 0.724. The number of hydrogen-bond donors (Lipinski definition) is 8. The van der Waals surface area contributed by atoms with E-state index in [4.69, 9.17) is 15.6 Å². The highest BCUT2D eigenvalue weighted by molar-refractivity contribution is 5.93. The van der Waals surface area contributed by atoms with Crippen LogP contribution in [0.1, 0.15) is 30.2 Å². The van der Waals surface area contributed by atoms with Crippen molar-refractivity contribution in [2.75, 3.05) is 12.3 Å². The van der Waals surface area contributed by atoms with Crippen molar-refractivity contribution in [3.05, 3.63) is 82.4 Å². The summed E-state index contributed by atoms with van der Waals surface area (Å²) in [6.45, 7) is -0.0202. The first-order chi connectivity index (χ1) is 23.2. The summed E-state index contributed by atoms with van der Waals surface area (Å²) >= 11 is 0. The standard InChI is InChI=1S/C22H18O12.C9H13N3O3/c23-13-5-1-11(9-15(13)25)3-7-17(27)33-19(21(29)30)20(22(31)32)34-18(28)8-4-12-2-6-14(24)16(26)10-12;10-7-3-4-12(9(14)11-7)8-2-1-6(5-13)15-8/h1-10,19-20,23-26H,(H,29,30)(H,31,32);3-4,6,8,13H,1-2,5H2,(H2,10,11,14)/b7-3+,8-4+;/t19-,20-;6-,8+/m10/s1. The Bertz CT molecular complexity index is 1710. The zero-order chi connectivity index (χ0) is 36.2. The van der Waals surface area contributed by atoms with E-state index < -0.39 is 64.8 Å². The number of phenolic OH excluding ortho intramolecular Hbond substituents is 4. The van der Waals surface area contributed by atoms with Gasteiger partial charge in [-0.15, -0.1) is 0 Å².